The summed E-state index contributed by atoms with van der Waals surface area (Å²) < 4.78 is 9.71. The number of rotatable bonds is 12. The second-order valence-corrected chi connectivity index (χ2v) is 10.0. The van der Waals surface area contributed by atoms with Gasteiger partial charge in [-0.1, -0.05) is 24.5 Å². The van der Waals surface area contributed by atoms with Crippen molar-refractivity contribution in [2.24, 2.45) is 0 Å². The zero-order valence-corrected chi connectivity index (χ0v) is 21.6. The maximum atomic E-state index is 6.23. The highest BCUT2D eigenvalue weighted by Gasteiger charge is 2.21. The van der Waals surface area contributed by atoms with Gasteiger partial charge in [0.05, 0.1) is 25.6 Å². The van der Waals surface area contributed by atoms with E-state index in [1.807, 2.05) is 15.4 Å². The van der Waals surface area contributed by atoms with Gasteiger partial charge in [-0.15, -0.1) is 5.10 Å². The molecule has 0 bridgehead atoms. The van der Waals surface area contributed by atoms with Crippen LogP contribution in [0.5, 0.6) is 0 Å². The van der Waals surface area contributed by atoms with Gasteiger partial charge in [0.15, 0.2) is 17.0 Å². The highest BCUT2D eigenvalue weighted by Crippen LogP contribution is 2.28. The molecule has 3 aromatic rings. The van der Waals surface area contributed by atoms with Crippen LogP contribution in [0, 0.1) is 0 Å². The van der Waals surface area contributed by atoms with Crippen molar-refractivity contribution < 1.29 is 4.74 Å². The van der Waals surface area contributed by atoms with Crippen LogP contribution in [-0.2, 0) is 17.8 Å². The molecular formula is C24H37ClN10O. The van der Waals surface area contributed by atoms with E-state index >= 15 is 0 Å². The molecule has 1 atom stereocenters. The Hall–Kier alpha value is -2.34. The Morgan fingerprint density at radius 3 is 2.78 bits per heavy atom. The van der Waals surface area contributed by atoms with Crippen molar-refractivity contribution in [1.29, 1.82) is 0 Å². The Balaban J connectivity index is 1.06. The second kappa shape index (κ2) is 12.8. The van der Waals surface area contributed by atoms with E-state index in [1.165, 1.54) is 32.1 Å². The number of anilines is 1. The fourth-order valence-corrected chi connectivity index (χ4v) is 5.18. The van der Waals surface area contributed by atoms with Gasteiger partial charge >= 0.3 is 0 Å². The van der Waals surface area contributed by atoms with Crippen molar-refractivity contribution in [3.63, 3.8) is 0 Å². The first-order chi connectivity index (χ1) is 17.8. The third-order valence-electron chi connectivity index (χ3n) is 6.97. The molecule has 0 radical (unpaired) electrons. The lowest BCUT2D eigenvalue weighted by Gasteiger charge is -2.23. The number of hydrogen-bond donors (Lipinski definition) is 3. The maximum Gasteiger partial charge on any atom is 0.226 e. The van der Waals surface area contributed by atoms with E-state index in [4.69, 9.17) is 16.3 Å². The predicted octanol–water partition coefficient (Wildman–Crippen LogP) is 3.28. The highest BCUT2D eigenvalue weighted by atomic mass is 35.5. The van der Waals surface area contributed by atoms with Gasteiger partial charge in [0, 0.05) is 19.2 Å². The minimum Gasteiger partial charge on any atom is -0.362 e. The summed E-state index contributed by atoms with van der Waals surface area (Å²) >= 11 is 6.23. The standard InChI is InChI=1S/C24H37ClN10O/c25-24-30-22(21-23(31-24)35(17-29-21)20-9-4-5-14-36-20)28-15-19-16-34(33-32-19)13-12-26-10-6-11-27-18-7-2-1-3-8-18/h16-18,20,26-27H,1-15H2,(H,28,30,31). The van der Waals surface area contributed by atoms with E-state index in [-0.39, 0.29) is 11.5 Å². The predicted molar refractivity (Wildman–Crippen MR) is 139 cm³/mol. The molecule has 196 valence electrons. The molecule has 1 aliphatic carbocycles. The van der Waals surface area contributed by atoms with Gasteiger partial charge in [-0.2, -0.15) is 9.97 Å². The van der Waals surface area contributed by atoms with Gasteiger partial charge in [-0.3, -0.25) is 9.25 Å². The molecule has 4 heterocycles. The number of hydrogen-bond acceptors (Lipinski definition) is 9. The van der Waals surface area contributed by atoms with Crippen LogP contribution in [0.4, 0.5) is 5.82 Å². The van der Waals surface area contributed by atoms with E-state index in [2.05, 4.69) is 41.2 Å². The van der Waals surface area contributed by atoms with Crippen molar-refractivity contribution in [3.8, 4) is 0 Å². The van der Waals surface area contributed by atoms with Crippen LogP contribution in [0.15, 0.2) is 12.5 Å². The van der Waals surface area contributed by atoms with Crippen molar-refractivity contribution in [2.75, 3.05) is 31.6 Å². The van der Waals surface area contributed by atoms with Crippen LogP contribution in [0.3, 0.4) is 0 Å². The monoisotopic (exact) mass is 516 g/mol. The quantitative estimate of drug-likeness (QED) is 0.246. The molecule has 0 spiro atoms. The average molecular weight is 517 g/mol. The minimum absolute atomic E-state index is 0.0655. The zero-order valence-electron chi connectivity index (χ0n) is 20.8. The van der Waals surface area contributed by atoms with Gasteiger partial charge in [0.1, 0.15) is 11.9 Å². The number of halogens is 1. The first kappa shape index (κ1) is 25.3. The Labute approximate surface area is 216 Å². The summed E-state index contributed by atoms with van der Waals surface area (Å²) in [5, 5.41) is 19.2. The molecule has 1 saturated heterocycles. The van der Waals surface area contributed by atoms with Crippen LogP contribution < -0.4 is 16.0 Å². The number of fused-ring (bicyclic) bond motifs is 1. The van der Waals surface area contributed by atoms with E-state index < -0.39 is 0 Å². The molecule has 0 aromatic carbocycles. The number of imidazole rings is 1. The van der Waals surface area contributed by atoms with Crippen LogP contribution in [-0.4, -0.2) is 66.8 Å². The summed E-state index contributed by atoms with van der Waals surface area (Å²) in [5.74, 6) is 0.581. The summed E-state index contributed by atoms with van der Waals surface area (Å²) in [6, 6.07) is 0.733. The van der Waals surface area contributed by atoms with Gasteiger partial charge < -0.3 is 20.7 Å². The summed E-state index contributed by atoms with van der Waals surface area (Å²) in [6.07, 6.45) is 14.8. The lowest BCUT2D eigenvalue weighted by atomic mass is 9.95. The van der Waals surface area contributed by atoms with Gasteiger partial charge in [0.2, 0.25) is 5.28 Å². The summed E-state index contributed by atoms with van der Waals surface area (Å²) in [4.78, 5) is 13.3. The third-order valence-corrected chi connectivity index (χ3v) is 7.14. The Morgan fingerprint density at radius 2 is 1.92 bits per heavy atom. The topological polar surface area (TPSA) is 120 Å². The van der Waals surface area contributed by atoms with E-state index in [1.54, 1.807) is 6.33 Å². The summed E-state index contributed by atoms with van der Waals surface area (Å²) in [5.41, 5.74) is 2.17. The molecule has 3 N–H and O–H groups in total. The van der Waals surface area contributed by atoms with Crippen molar-refractivity contribution in [3.05, 3.63) is 23.5 Å². The summed E-state index contributed by atoms with van der Waals surface area (Å²) in [6.45, 7) is 4.95. The number of ether oxygens (including phenoxy) is 1. The molecule has 3 aromatic heterocycles. The smallest absolute Gasteiger partial charge is 0.226 e. The van der Waals surface area contributed by atoms with Crippen molar-refractivity contribution in [1.82, 2.24) is 45.1 Å². The molecule has 2 fully saturated rings. The van der Waals surface area contributed by atoms with Crippen LogP contribution >= 0.6 is 11.6 Å². The van der Waals surface area contributed by atoms with Gasteiger partial charge in [0.25, 0.3) is 0 Å². The lowest BCUT2D eigenvalue weighted by Crippen LogP contribution is -2.33. The molecule has 2 aliphatic rings. The molecular weight excluding hydrogens is 480 g/mol. The lowest BCUT2D eigenvalue weighted by molar-refractivity contribution is -0.0298. The number of nitrogens with zero attached hydrogens (tertiary/aromatic N) is 7. The number of aromatic nitrogens is 7. The Kier molecular flexibility index (Phi) is 8.97. The van der Waals surface area contributed by atoms with Crippen LogP contribution in [0.2, 0.25) is 5.28 Å². The zero-order chi connectivity index (χ0) is 24.6. The molecule has 1 saturated carbocycles. The maximum absolute atomic E-state index is 6.23. The average Bonchev–Trinajstić information content (AvgIpc) is 3.55. The van der Waals surface area contributed by atoms with Crippen LogP contribution in [0.1, 0.15) is 69.7 Å². The Bertz CT molecular complexity index is 1090. The molecule has 11 nitrogen and oxygen atoms in total. The fraction of sp³-hybridized carbons (Fsp3) is 0.708. The largest absolute Gasteiger partial charge is 0.362 e. The molecule has 0 amide bonds. The van der Waals surface area contributed by atoms with Crippen LogP contribution in [0.25, 0.3) is 11.2 Å². The highest BCUT2D eigenvalue weighted by molar-refractivity contribution is 6.28. The minimum atomic E-state index is -0.0655. The summed E-state index contributed by atoms with van der Waals surface area (Å²) in [7, 11) is 0. The Morgan fingerprint density at radius 1 is 1.03 bits per heavy atom. The van der Waals surface area contributed by atoms with E-state index in [0.29, 0.717) is 23.5 Å². The van der Waals surface area contributed by atoms with Crippen molar-refractivity contribution >= 4 is 28.6 Å². The van der Waals surface area contributed by atoms with E-state index in [0.717, 1.165) is 70.2 Å². The normalized spacial score (nSPS) is 19.2. The molecule has 1 aliphatic heterocycles. The molecule has 36 heavy (non-hydrogen) atoms. The van der Waals surface area contributed by atoms with Gasteiger partial charge in [-0.25, -0.2) is 4.98 Å². The third kappa shape index (κ3) is 6.70. The fourth-order valence-electron chi connectivity index (χ4n) is 5.02. The number of nitrogens with one attached hydrogen (secondary N) is 3. The second-order valence-electron chi connectivity index (χ2n) is 9.71. The van der Waals surface area contributed by atoms with E-state index in [9.17, 15) is 0 Å². The molecule has 12 heteroatoms. The van der Waals surface area contributed by atoms with Gasteiger partial charge in [-0.05, 0) is 63.2 Å². The molecule has 5 rings (SSSR count). The SMILES string of the molecule is Clc1nc(NCc2cn(CCNCCCNC3CCCCC3)nn2)c2ncn(C3CCCCO3)c2n1. The van der Waals surface area contributed by atoms with Crippen molar-refractivity contribution in [2.45, 2.75) is 83.1 Å². The first-order valence-electron chi connectivity index (χ1n) is 13.3. The first-order valence-corrected chi connectivity index (χ1v) is 13.7. The molecule has 1 unspecified atom stereocenters.